The van der Waals surface area contributed by atoms with Crippen molar-refractivity contribution in [2.75, 3.05) is 6.61 Å². The molecule has 0 aliphatic carbocycles. The molecule has 3 rings (SSSR count). The molecule has 25 heavy (non-hydrogen) atoms. The van der Waals surface area contributed by atoms with Crippen LogP contribution in [-0.4, -0.2) is 17.1 Å². The average molecular weight is 373 g/mol. The number of carbonyl (C=O) groups is 1. The Morgan fingerprint density at radius 1 is 1.28 bits per heavy atom. The van der Waals surface area contributed by atoms with E-state index in [0.29, 0.717) is 11.4 Å². The zero-order valence-corrected chi connectivity index (χ0v) is 15.9. The number of thiazole rings is 1. The van der Waals surface area contributed by atoms with Crippen LogP contribution < -0.4 is 9.54 Å². The number of carbonyl (C=O) groups excluding carboxylic acids is 1. The monoisotopic (exact) mass is 372 g/mol. The Labute approximate surface area is 154 Å². The fourth-order valence-electron chi connectivity index (χ4n) is 2.56. The highest BCUT2D eigenvalue weighted by atomic mass is 32.1. The minimum atomic E-state index is -0.247. The van der Waals surface area contributed by atoms with Crippen LogP contribution in [0.25, 0.3) is 16.3 Å². The number of amides is 1. The fourth-order valence-corrected chi connectivity index (χ4v) is 4.25. The van der Waals surface area contributed by atoms with E-state index in [9.17, 15) is 4.79 Å². The van der Waals surface area contributed by atoms with E-state index in [1.807, 2.05) is 42.6 Å². The Kier molecular flexibility index (Phi) is 5.83. The summed E-state index contributed by atoms with van der Waals surface area (Å²) in [5, 5.41) is 1.98. The smallest absolute Gasteiger partial charge is 0.272 e. The number of nitrogens with zero attached hydrogens (tertiary/aromatic N) is 2. The molecule has 0 spiro atoms. The van der Waals surface area contributed by atoms with Gasteiger partial charge in [-0.15, -0.1) is 11.3 Å². The minimum Gasteiger partial charge on any atom is -0.492 e. The summed E-state index contributed by atoms with van der Waals surface area (Å²) in [6.45, 7) is 5.49. The number of thiophene rings is 1. The lowest BCUT2D eigenvalue weighted by molar-refractivity contribution is -0.113. The van der Waals surface area contributed by atoms with Gasteiger partial charge in [-0.25, -0.2) is 0 Å². The van der Waals surface area contributed by atoms with Crippen molar-refractivity contribution in [3.8, 4) is 5.75 Å². The van der Waals surface area contributed by atoms with Crippen LogP contribution in [0.4, 0.5) is 0 Å². The first kappa shape index (κ1) is 17.6. The largest absolute Gasteiger partial charge is 0.492 e. The standard InChI is InChI=1S/C19H20N2O2S2/c1-3-12-21-18-15(23-4-2)8-5-9-16(18)25-19(21)20-17(22)11-10-14-7-6-13-24-14/h5-11,13H,3-4,12H2,1-2H3. The second-order valence-electron chi connectivity index (χ2n) is 5.37. The van der Waals surface area contributed by atoms with Crippen molar-refractivity contribution in [1.82, 2.24) is 4.57 Å². The molecular formula is C19H20N2O2S2. The molecule has 2 aromatic heterocycles. The maximum Gasteiger partial charge on any atom is 0.272 e. The van der Waals surface area contributed by atoms with Crippen molar-refractivity contribution in [3.05, 3.63) is 51.5 Å². The van der Waals surface area contributed by atoms with E-state index >= 15 is 0 Å². The summed E-state index contributed by atoms with van der Waals surface area (Å²) < 4.78 is 8.93. The van der Waals surface area contributed by atoms with Gasteiger partial charge in [-0.3, -0.25) is 4.79 Å². The Hall–Kier alpha value is -2.18. The number of rotatable bonds is 6. The summed E-state index contributed by atoms with van der Waals surface area (Å²) in [6.07, 6.45) is 4.29. The van der Waals surface area contributed by atoms with Crippen LogP contribution in [0.5, 0.6) is 5.75 Å². The third kappa shape index (κ3) is 4.08. The normalized spacial score (nSPS) is 12.3. The van der Waals surface area contributed by atoms with Gasteiger partial charge in [0.1, 0.15) is 11.3 Å². The summed E-state index contributed by atoms with van der Waals surface area (Å²) in [6, 6.07) is 9.91. The van der Waals surface area contributed by atoms with Crippen molar-refractivity contribution in [2.24, 2.45) is 4.99 Å². The van der Waals surface area contributed by atoms with Crippen LogP contribution in [0.2, 0.25) is 0 Å². The molecule has 130 valence electrons. The molecule has 0 radical (unpaired) electrons. The van der Waals surface area contributed by atoms with Crippen LogP contribution in [0, 0.1) is 0 Å². The Bertz CT molecular complexity index is 950. The van der Waals surface area contributed by atoms with Gasteiger partial charge in [0, 0.05) is 17.5 Å². The van der Waals surface area contributed by atoms with Gasteiger partial charge in [0.25, 0.3) is 5.91 Å². The zero-order valence-electron chi connectivity index (χ0n) is 14.3. The molecule has 0 aliphatic rings. The van der Waals surface area contributed by atoms with E-state index in [4.69, 9.17) is 4.74 Å². The van der Waals surface area contributed by atoms with E-state index in [1.54, 1.807) is 17.4 Å². The average Bonchev–Trinajstić information content (AvgIpc) is 3.23. The van der Waals surface area contributed by atoms with Gasteiger partial charge in [0.05, 0.1) is 11.3 Å². The van der Waals surface area contributed by atoms with Crippen molar-refractivity contribution in [1.29, 1.82) is 0 Å². The Morgan fingerprint density at radius 2 is 2.16 bits per heavy atom. The molecule has 3 aromatic rings. The predicted molar refractivity (Wildman–Crippen MR) is 105 cm³/mol. The third-order valence-electron chi connectivity index (χ3n) is 3.55. The van der Waals surface area contributed by atoms with Gasteiger partial charge in [0.2, 0.25) is 0 Å². The van der Waals surface area contributed by atoms with Crippen LogP contribution >= 0.6 is 22.7 Å². The van der Waals surface area contributed by atoms with Crippen molar-refractivity contribution in [3.63, 3.8) is 0 Å². The van der Waals surface area contributed by atoms with Gasteiger partial charge >= 0.3 is 0 Å². The van der Waals surface area contributed by atoms with Gasteiger partial charge in [-0.1, -0.05) is 30.4 Å². The van der Waals surface area contributed by atoms with Crippen molar-refractivity contribution >= 4 is 44.9 Å². The number of fused-ring (bicyclic) bond motifs is 1. The number of ether oxygens (including phenoxy) is 1. The molecule has 0 aliphatic heterocycles. The molecule has 0 N–H and O–H groups in total. The molecule has 0 saturated heterocycles. The molecule has 4 nitrogen and oxygen atoms in total. The molecule has 6 heteroatoms. The number of para-hydroxylation sites is 1. The summed E-state index contributed by atoms with van der Waals surface area (Å²) in [5.41, 5.74) is 1.02. The van der Waals surface area contributed by atoms with Crippen molar-refractivity contribution in [2.45, 2.75) is 26.8 Å². The summed E-state index contributed by atoms with van der Waals surface area (Å²) in [4.78, 5) is 18.3. The second kappa shape index (κ2) is 8.27. The quantitative estimate of drug-likeness (QED) is 0.588. The molecule has 0 fully saturated rings. The topological polar surface area (TPSA) is 43.6 Å². The minimum absolute atomic E-state index is 0.247. The van der Waals surface area contributed by atoms with Crippen LogP contribution in [0.15, 0.2) is 46.8 Å². The molecule has 1 amide bonds. The van der Waals surface area contributed by atoms with Gasteiger partial charge in [0.15, 0.2) is 4.80 Å². The van der Waals surface area contributed by atoms with E-state index in [1.165, 1.54) is 17.4 Å². The molecule has 2 heterocycles. The maximum absolute atomic E-state index is 12.3. The van der Waals surface area contributed by atoms with Gasteiger partial charge in [-0.2, -0.15) is 4.99 Å². The number of aryl methyl sites for hydroxylation is 1. The summed E-state index contributed by atoms with van der Waals surface area (Å²) in [7, 11) is 0. The lowest BCUT2D eigenvalue weighted by atomic mass is 10.3. The molecule has 0 saturated carbocycles. The highest BCUT2D eigenvalue weighted by Crippen LogP contribution is 2.27. The zero-order chi connectivity index (χ0) is 17.6. The molecule has 1 aromatic carbocycles. The predicted octanol–water partition coefficient (Wildman–Crippen LogP) is 4.71. The first-order chi connectivity index (χ1) is 12.2. The number of benzene rings is 1. The van der Waals surface area contributed by atoms with Crippen LogP contribution in [0.3, 0.4) is 0 Å². The second-order valence-corrected chi connectivity index (χ2v) is 7.36. The van der Waals surface area contributed by atoms with E-state index < -0.39 is 0 Å². The Morgan fingerprint density at radius 3 is 2.88 bits per heavy atom. The SMILES string of the molecule is CCCn1c(=NC(=O)C=Cc2cccs2)sc2cccc(OCC)c21. The van der Waals surface area contributed by atoms with E-state index in [0.717, 1.165) is 33.8 Å². The van der Waals surface area contributed by atoms with Crippen LogP contribution in [-0.2, 0) is 11.3 Å². The highest BCUT2D eigenvalue weighted by Gasteiger charge is 2.11. The molecule has 0 atom stereocenters. The van der Waals surface area contributed by atoms with E-state index in [-0.39, 0.29) is 5.91 Å². The number of aromatic nitrogens is 1. The summed E-state index contributed by atoms with van der Waals surface area (Å²) in [5.74, 6) is 0.593. The Balaban J connectivity index is 2.04. The van der Waals surface area contributed by atoms with Crippen molar-refractivity contribution < 1.29 is 9.53 Å². The van der Waals surface area contributed by atoms with Gasteiger partial charge < -0.3 is 9.30 Å². The van der Waals surface area contributed by atoms with Crippen LogP contribution in [0.1, 0.15) is 25.1 Å². The molecule has 0 unspecified atom stereocenters. The number of hydrogen-bond donors (Lipinski definition) is 0. The fraction of sp³-hybridized carbons (Fsp3) is 0.263. The molecule has 0 bridgehead atoms. The summed E-state index contributed by atoms with van der Waals surface area (Å²) >= 11 is 3.11. The van der Waals surface area contributed by atoms with E-state index in [2.05, 4.69) is 16.5 Å². The maximum atomic E-state index is 12.3. The lowest BCUT2D eigenvalue weighted by Gasteiger charge is -2.08. The van der Waals surface area contributed by atoms with Gasteiger partial charge in [-0.05, 0) is 43.0 Å². The first-order valence-electron chi connectivity index (χ1n) is 8.28. The highest BCUT2D eigenvalue weighted by molar-refractivity contribution is 7.16. The third-order valence-corrected chi connectivity index (χ3v) is 5.43. The lowest BCUT2D eigenvalue weighted by Crippen LogP contribution is -2.16. The first-order valence-corrected chi connectivity index (χ1v) is 9.98. The molecular weight excluding hydrogens is 352 g/mol. The number of hydrogen-bond acceptors (Lipinski definition) is 4.